The summed E-state index contributed by atoms with van der Waals surface area (Å²) in [5.41, 5.74) is 3.78. The Balaban J connectivity index is 1.63. The molecule has 1 amide bonds. The lowest BCUT2D eigenvalue weighted by Crippen LogP contribution is -2.16. The predicted molar refractivity (Wildman–Crippen MR) is 93.2 cm³/mol. The minimum Gasteiger partial charge on any atom is -0.290 e. The van der Waals surface area contributed by atoms with Gasteiger partial charge in [0.05, 0.1) is 17.0 Å². The first-order valence-corrected chi connectivity index (χ1v) is 8.28. The van der Waals surface area contributed by atoms with Crippen molar-refractivity contribution in [3.05, 3.63) is 64.6 Å². The van der Waals surface area contributed by atoms with Crippen LogP contribution in [0.4, 0.5) is 5.95 Å². The molecule has 0 aliphatic carbocycles. The summed E-state index contributed by atoms with van der Waals surface area (Å²) < 4.78 is 1.72. The molecule has 118 valence electrons. The molecule has 0 aromatic carbocycles. The number of hydrogen-bond donors (Lipinski definition) is 1. The number of aryl methyl sites for hydroxylation is 1. The van der Waals surface area contributed by atoms with E-state index in [-0.39, 0.29) is 5.91 Å². The van der Waals surface area contributed by atoms with Crippen molar-refractivity contribution in [1.82, 2.24) is 19.6 Å². The van der Waals surface area contributed by atoms with Gasteiger partial charge in [-0.15, -0.1) is 10.2 Å². The smallest absolute Gasteiger partial charge is 0.259 e. The van der Waals surface area contributed by atoms with Gasteiger partial charge in [-0.3, -0.25) is 19.5 Å². The molecular formula is C17H13N5OS. The fourth-order valence-electron chi connectivity index (χ4n) is 2.47. The molecule has 0 aliphatic rings. The lowest BCUT2D eigenvalue weighted by Gasteiger charge is -2.07. The summed E-state index contributed by atoms with van der Waals surface area (Å²) in [5, 5.41) is 14.9. The fourth-order valence-corrected chi connectivity index (χ4v) is 3.12. The molecule has 0 radical (unpaired) electrons. The molecule has 0 saturated carbocycles. The molecule has 0 spiro atoms. The van der Waals surface area contributed by atoms with Crippen molar-refractivity contribution in [1.29, 1.82) is 0 Å². The summed E-state index contributed by atoms with van der Waals surface area (Å²) in [4.78, 5) is 17.1. The van der Waals surface area contributed by atoms with Crippen LogP contribution >= 0.6 is 11.3 Å². The summed E-state index contributed by atoms with van der Waals surface area (Å²) in [7, 11) is 0. The average Bonchev–Trinajstić information content (AvgIpc) is 3.25. The average molecular weight is 335 g/mol. The second kappa shape index (κ2) is 5.86. The number of nitrogens with one attached hydrogen (secondary N) is 1. The number of rotatable bonds is 3. The second-order valence-electron chi connectivity index (χ2n) is 5.25. The number of nitrogens with zero attached hydrogens (tertiary/aromatic N) is 4. The molecule has 0 unspecified atom stereocenters. The van der Waals surface area contributed by atoms with Crippen molar-refractivity contribution in [3.8, 4) is 11.3 Å². The second-order valence-corrected chi connectivity index (χ2v) is 6.03. The summed E-state index contributed by atoms with van der Waals surface area (Å²) >= 11 is 1.62. The predicted octanol–water partition coefficient (Wildman–Crippen LogP) is 3.41. The molecule has 24 heavy (non-hydrogen) atoms. The molecule has 0 bridgehead atoms. The minimum atomic E-state index is -0.255. The van der Waals surface area contributed by atoms with E-state index in [2.05, 4.69) is 20.5 Å². The number of hydrogen-bond acceptors (Lipinski definition) is 5. The molecule has 4 heterocycles. The zero-order valence-corrected chi connectivity index (χ0v) is 13.6. The first-order chi connectivity index (χ1) is 11.7. The Morgan fingerprint density at radius 2 is 2.08 bits per heavy atom. The molecule has 4 aromatic heterocycles. The third kappa shape index (κ3) is 2.55. The highest BCUT2D eigenvalue weighted by Crippen LogP contribution is 2.22. The maximum Gasteiger partial charge on any atom is 0.259 e. The third-order valence-corrected chi connectivity index (χ3v) is 4.37. The molecule has 6 nitrogen and oxygen atoms in total. The third-order valence-electron chi connectivity index (χ3n) is 3.69. The van der Waals surface area contributed by atoms with Crippen molar-refractivity contribution in [3.63, 3.8) is 0 Å². The largest absolute Gasteiger partial charge is 0.290 e. The SMILES string of the molecule is Cc1nc(-c2ccsc2)ccc1C(=O)Nc1nnc2ccccn12. The van der Waals surface area contributed by atoms with Gasteiger partial charge in [-0.1, -0.05) is 6.07 Å². The number of thiophene rings is 1. The quantitative estimate of drug-likeness (QED) is 0.623. The molecule has 1 N–H and O–H groups in total. The Kier molecular flexibility index (Phi) is 3.55. The number of fused-ring (bicyclic) bond motifs is 1. The standard InChI is InChI=1S/C17H13N5OS/c1-11-13(5-6-14(18-11)12-7-9-24-10-12)16(23)19-17-21-20-15-4-2-3-8-22(15)17/h2-10H,1H3,(H,19,21,23). The Hall–Kier alpha value is -3.06. The van der Waals surface area contributed by atoms with Crippen molar-refractivity contribution in [2.75, 3.05) is 5.32 Å². The minimum absolute atomic E-state index is 0.255. The number of amides is 1. The van der Waals surface area contributed by atoms with E-state index in [9.17, 15) is 4.79 Å². The molecule has 0 saturated heterocycles. The Morgan fingerprint density at radius 1 is 1.17 bits per heavy atom. The van der Waals surface area contributed by atoms with Crippen LogP contribution in [0.15, 0.2) is 53.4 Å². The normalized spacial score (nSPS) is 10.9. The first-order valence-electron chi connectivity index (χ1n) is 7.34. The number of aromatic nitrogens is 4. The first kappa shape index (κ1) is 14.5. The van der Waals surface area contributed by atoms with Crippen LogP contribution in [0.3, 0.4) is 0 Å². The van der Waals surface area contributed by atoms with E-state index in [0.717, 1.165) is 11.3 Å². The van der Waals surface area contributed by atoms with E-state index in [1.54, 1.807) is 28.0 Å². The molecule has 4 aromatic rings. The Labute approximate surface area is 141 Å². The fraction of sp³-hybridized carbons (Fsp3) is 0.0588. The van der Waals surface area contributed by atoms with Gasteiger partial charge < -0.3 is 0 Å². The van der Waals surface area contributed by atoms with E-state index in [0.29, 0.717) is 22.9 Å². The van der Waals surface area contributed by atoms with Gasteiger partial charge >= 0.3 is 0 Å². The van der Waals surface area contributed by atoms with Crippen LogP contribution in [-0.2, 0) is 0 Å². The van der Waals surface area contributed by atoms with E-state index in [1.165, 1.54) is 0 Å². The Bertz CT molecular complexity index is 1020. The molecule has 7 heteroatoms. The number of pyridine rings is 2. The number of carbonyl (C=O) groups is 1. The number of anilines is 1. The van der Waals surface area contributed by atoms with Crippen LogP contribution in [-0.4, -0.2) is 25.5 Å². The van der Waals surface area contributed by atoms with Crippen molar-refractivity contribution >= 4 is 28.8 Å². The van der Waals surface area contributed by atoms with Crippen molar-refractivity contribution < 1.29 is 4.79 Å². The summed E-state index contributed by atoms with van der Waals surface area (Å²) in [6.07, 6.45) is 1.80. The van der Waals surface area contributed by atoms with E-state index in [4.69, 9.17) is 0 Å². The monoisotopic (exact) mass is 335 g/mol. The van der Waals surface area contributed by atoms with Crippen LogP contribution in [0.2, 0.25) is 0 Å². The molecule has 4 rings (SSSR count). The van der Waals surface area contributed by atoms with Gasteiger partial charge in [-0.05, 0) is 42.6 Å². The lowest BCUT2D eigenvalue weighted by atomic mass is 10.1. The topological polar surface area (TPSA) is 72.2 Å². The maximum atomic E-state index is 12.5. The highest BCUT2D eigenvalue weighted by atomic mass is 32.1. The highest BCUT2D eigenvalue weighted by Gasteiger charge is 2.14. The molecular weight excluding hydrogens is 322 g/mol. The summed E-state index contributed by atoms with van der Waals surface area (Å²) in [5.74, 6) is 0.131. The van der Waals surface area contributed by atoms with E-state index >= 15 is 0 Å². The van der Waals surface area contributed by atoms with Crippen LogP contribution in [0.1, 0.15) is 16.1 Å². The number of carbonyl (C=O) groups excluding carboxylic acids is 1. The Morgan fingerprint density at radius 3 is 2.88 bits per heavy atom. The van der Waals surface area contributed by atoms with Crippen LogP contribution < -0.4 is 5.32 Å². The van der Waals surface area contributed by atoms with Gasteiger partial charge in [0, 0.05) is 17.1 Å². The molecule has 0 aliphatic heterocycles. The van der Waals surface area contributed by atoms with E-state index < -0.39 is 0 Å². The van der Waals surface area contributed by atoms with Gasteiger partial charge in [0.1, 0.15) is 0 Å². The maximum absolute atomic E-state index is 12.5. The lowest BCUT2D eigenvalue weighted by molar-refractivity contribution is 0.102. The van der Waals surface area contributed by atoms with Crippen LogP contribution in [0.5, 0.6) is 0 Å². The van der Waals surface area contributed by atoms with Crippen molar-refractivity contribution in [2.45, 2.75) is 6.92 Å². The summed E-state index contributed by atoms with van der Waals surface area (Å²) in [6, 6.07) is 11.2. The van der Waals surface area contributed by atoms with E-state index in [1.807, 2.05) is 48.0 Å². The van der Waals surface area contributed by atoms with Crippen LogP contribution in [0.25, 0.3) is 16.9 Å². The van der Waals surface area contributed by atoms with Gasteiger partial charge in [0.2, 0.25) is 5.95 Å². The molecule has 0 atom stereocenters. The van der Waals surface area contributed by atoms with Crippen molar-refractivity contribution in [2.24, 2.45) is 0 Å². The van der Waals surface area contributed by atoms with Gasteiger partial charge in [0.25, 0.3) is 5.91 Å². The molecule has 0 fully saturated rings. The zero-order valence-electron chi connectivity index (χ0n) is 12.8. The highest BCUT2D eigenvalue weighted by molar-refractivity contribution is 7.08. The van der Waals surface area contributed by atoms with Gasteiger partial charge in [0.15, 0.2) is 5.65 Å². The van der Waals surface area contributed by atoms with Gasteiger partial charge in [-0.2, -0.15) is 11.3 Å². The van der Waals surface area contributed by atoms with Crippen LogP contribution in [0, 0.1) is 6.92 Å². The summed E-state index contributed by atoms with van der Waals surface area (Å²) in [6.45, 7) is 1.83. The zero-order chi connectivity index (χ0) is 16.5. The van der Waals surface area contributed by atoms with Gasteiger partial charge in [-0.25, -0.2) is 0 Å².